The fourth-order valence-corrected chi connectivity index (χ4v) is 10.7. The molecule has 0 nitrogen and oxygen atoms in total. The molecule has 0 aliphatic heterocycles. The van der Waals surface area contributed by atoms with Crippen molar-refractivity contribution in [3.8, 4) is 0 Å². The van der Waals surface area contributed by atoms with Crippen LogP contribution in [0.15, 0.2) is 182 Å². The van der Waals surface area contributed by atoms with Crippen LogP contribution in [-0.2, 0) is 9.49 Å². The number of rotatable bonds is 9. The van der Waals surface area contributed by atoms with Crippen LogP contribution in [0.3, 0.4) is 0 Å². The van der Waals surface area contributed by atoms with Gasteiger partial charge in [0.15, 0.2) is 0 Å². The van der Waals surface area contributed by atoms with E-state index >= 15 is 0 Å². The standard InChI is InChI=1S/C39H30S4/c40-37(41-38(31-19-7-1-8-20-31,32-21-9-2-10-22-32)33-23-11-3-12-24-33)42-43-39(34-25-13-4-14-26-34,35-27-15-5-16-28-35)36-29-17-6-18-30-36/h1-30H. The number of hydrogen-bond acceptors (Lipinski definition) is 4. The molecule has 0 fully saturated rings. The predicted octanol–water partition coefficient (Wildman–Crippen LogP) is 11.4. The Balaban J connectivity index is 1.45. The highest BCUT2D eigenvalue weighted by atomic mass is 33.1. The monoisotopic (exact) mass is 626 g/mol. The molecule has 6 rings (SSSR count). The van der Waals surface area contributed by atoms with Crippen LogP contribution in [0.25, 0.3) is 0 Å². The van der Waals surface area contributed by atoms with Gasteiger partial charge in [0.1, 0.15) is 8.28 Å². The summed E-state index contributed by atoms with van der Waals surface area (Å²) in [7, 11) is 3.51. The van der Waals surface area contributed by atoms with Crippen LogP contribution in [-0.4, -0.2) is 3.53 Å². The Morgan fingerprint density at radius 2 is 0.581 bits per heavy atom. The van der Waals surface area contributed by atoms with Gasteiger partial charge in [-0.2, -0.15) is 0 Å². The topological polar surface area (TPSA) is 0 Å². The lowest BCUT2D eigenvalue weighted by Gasteiger charge is -2.37. The van der Waals surface area contributed by atoms with Gasteiger partial charge in [0.05, 0.1) is 4.75 Å². The molecule has 0 bridgehead atoms. The van der Waals surface area contributed by atoms with Gasteiger partial charge in [0, 0.05) is 0 Å². The van der Waals surface area contributed by atoms with E-state index in [0.717, 1.165) is 3.53 Å². The van der Waals surface area contributed by atoms with Crippen LogP contribution in [0.5, 0.6) is 0 Å². The summed E-state index contributed by atoms with van der Waals surface area (Å²) in [6.45, 7) is 0. The van der Waals surface area contributed by atoms with Crippen molar-refractivity contribution in [1.29, 1.82) is 0 Å². The van der Waals surface area contributed by atoms with Crippen LogP contribution in [0.2, 0.25) is 0 Å². The summed E-state index contributed by atoms with van der Waals surface area (Å²) in [5, 5.41) is 0. The molecule has 6 aromatic rings. The molecule has 0 N–H and O–H groups in total. The van der Waals surface area contributed by atoms with Gasteiger partial charge >= 0.3 is 0 Å². The van der Waals surface area contributed by atoms with Crippen molar-refractivity contribution in [1.82, 2.24) is 0 Å². The summed E-state index contributed by atoms with van der Waals surface area (Å²) in [4.78, 5) is 0. The smallest absolute Gasteiger partial charge is 0.0854 e. The van der Waals surface area contributed by atoms with Crippen molar-refractivity contribution in [3.63, 3.8) is 0 Å². The van der Waals surface area contributed by atoms with Crippen molar-refractivity contribution < 1.29 is 0 Å². The van der Waals surface area contributed by atoms with Crippen LogP contribution < -0.4 is 0 Å². The van der Waals surface area contributed by atoms with Crippen molar-refractivity contribution in [2.24, 2.45) is 0 Å². The lowest BCUT2D eigenvalue weighted by atomic mass is 9.84. The molecule has 4 heteroatoms. The molecule has 0 aromatic heterocycles. The largest absolute Gasteiger partial charge is 0.116 e. The maximum Gasteiger partial charge on any atom is 0.116 e. The van der Waals surface area contributed by atoms with Crippen molar-refractivity contribution >= 4 is 49.1 Å². The van der Waals surface area contributed by atoms with E-state index in [9.17, 15) is 0 Å². The van der Waals surface area contributed by atoms with E-state index in [4.69, 9.17) is 12.2 Å². The molecule has 0 radical (unpaired) electrons. The summed E-state index contributed by atoms with van der Waals surface area (Å²) in [6.07, 6.45) is 0. The first-order valence-corrected chi connectivity index (χ1v) is 17.5. The summed E-state index contributed by atoms with van der Waals surface area (Å²) in [6, 6.07) is 64.6. The second-order valence-electron chi connectivity index (χ2n) is 10.1. The zero-order valence-corrected chi connectivity index (χ0v) is 26.7. The molecular weight excluding hydrogens is 597 g/mol. The Morgan fingerprint density at radius 1 is 0.349 bits per heavy atom. The van der Waals surface area contributed by atoms with Crippen molar-refractivity contribution in [3.05, 3.63) is 215 Å². The van der Waals surface area contributed by atoms with Gasteiger partial charge in [-0.1, -0.05) is 217 Å². The maximum absolute atomic E-state index is 6.33. The van der Waals surface area contributed by atoms with E-state index < -0.39 is 9.49 Å². The molecule has 6 aromatic carbocycles. The maximum atomic E-state index is 6.33. The number of thioether (sulfide) groups is 1. The first-order chi connectivity index (χ1) is 21.2. The Hall–Kier alpha value is -3.54. The molecule has 210 valence electrons. The molecule has 0 aliphatic carbocycles. The lowest BCUT2D eigenvalue weighted by Crippen LogP contribution is -2.27. The number of benzene rings is 6. The van der Waals surface area contributed by atoms with Crippen LogP contribution in [0.4, 0.5) is 0 Å². The molecule has 0 aliphatic rings. The van der Waals surface area contributed by atoms with Gasteiger partial charge in [-0.25, -0.2) is 0 Å². The third-order valence-corrected chi connectivity index (χ3v) is 13.0. The predicted molar refractivity (Wildman–Crippen MR) is 194 cm³/mol. The first-order valence-electron chi connectivity index (χ1n) is 14.2. The van der Waals surface area contributed by atoms with Gasteiger partial charge in [-0.3, -0.25) is 0 Å². The van der Waals surface area contributed by atoms with Crippen molar-refractivity contribution in [2.45, 2.75) is 9.49 Å². The van der Waals surface area contributed by atoms with Gasteiger partial charge in [-0.05, 0) is 44.2 Å². The minimum Gasteiger partial charge on any atom is -0.0854 e. The van der Waals surface area contributed by atoms with E-state index in [1.165, 1.54) is 33.4 Å². The highest BCUT2D eigenvalue weighted by Crippen LogP contribution is 2.57. The minimum atomic E-state index is -0.511. The van der Waals surface area contributed by atoms with E-state index in [1.54, 1.807) is 22.6 Å². The Bertz CT molecular complexity index is 1530. The highest BCUT2D eigenvalue weighted by molar-refractivity contribution is 8.88. The minimum absolute atomic E-state index is 0.464. The number of thiocarbonyl (C=S) groups is 1. The van der Waals surface area contributed by atoms with E-state index in [0.29, 0.717) is 0 Å². The van der Waals surface area contributed by atoms with E-state index in [2.05, 4.69) is 182 Å². The molecular formula is C39H30S4. The Kier molecular flexibility index (Phi) is 9.50. The van der Waals surface area contributed by atoms with Gasteiger partial charge in [0.2, 0.25) is 0 Å². The third kappa shape index (κ3) is 6.11. The number of hydrogen-bond donors (Lipinski definition) is 0. The van der Waals surface area contributed by atoms with Gasteiger partial charge < -0.3 is 0 Å². The normalized spacial score (nSPS) is 11.6. The Labute approximate surface area is 272 Å². The SMILES string of the molecule is S=C(SSC(c1ccccc1)(c1ccccc1)c1ccccc1)SC(c1ccccc1)(c1ccccc1)c1ccccc1. The van der Waals surface area contributed by atoms with Crippen molar-refractivity contribution in [2.75, 3.05) is 0 Å². The molecule has 0 spiro atoms. The average molecular weight is 627 g/mol. The van der Waals surface area contributed by atoms with Crippen LogP contribution in [0, 0.1) is 0 Å². The third-order valence-electron chi connectivity index (χ3n) is 7.55. The van der Waals surface area contributed by atoms with E-state index in [1.807, 2.05) is 10.8 Å². The molecule has 43 heavy (non-hydrogen) atoms. The fourth-order valence-electron chi connectivity index (χ4n) is 5.60. The average Bonchev–Trinajstić information content (AvgIpc) is 3.10. The summed E-state index contributed by atoms with van der Waals surface area (Å²) in [5.74, 6) is 0. The zero-order valence-electron chi connectivity index (χ0n) is 23.5. The summed E-state index contributed by atoms with van der Waals surface area (Å²) < 4.78 is -0.106. The highest BCUT2D eigenvalue weighted by Gasteiger charge is 2.41. The molecule has 0 saturated carbocycles. The van der Waals surface area contributed by atoms with Gasteiger partial charge in [-0.15, -0.1) is 0 Å². The molecule has 0 unspecified atom stereocenters. The second-order valence-corrected chi connectivity index (χ2v) is 14.8. The summed E-state index contributed by atoms with van der Waals surface area (Å²) >= 11 is 8.08. The quantitative estimate of drug-likeness (QED) is 0.0889. The Morgan fingerprint density at radius 3 is 0.837 bits per heavy atom. The first kappa shape index (κ1) is 29.5. The summed E-state index contributed by atoms with van der Waals surface area (Å²) in [5.41, 5.74) is 7.26. The molecule has 0 heterocycles. The lowest BCUT2D eigenvalue weighted by molar-refractivity contribution is 0.902. The van der Waals surface area contributed by atoms with Gasteiger partial charge in [0.25, 0.3) is 0 Å². The second kappa shape index (κ2) is 13.8. The molecule has 0 atom stereocenters. The van der Waals surface area contributed by atoms with Crippen LogP contribution in [0.1, 0.15) is 33.4 Å². The fraction of sp³-hybridized carbons (Fsp3) is 0.0513. The molecule has 0 saturated heterocycles. The zero-order chi connectivity index (χ0) is 29.4. The van der Waals surface area contributed by atoms with E-state index in [-0.39, 0.29) is 0 Å². The van der Waals surface area contributed by atoms with Crippen LogP contribution >= 0.6 is 45.6 Å². The molecule has 0 amide bonds.